The molecular formula is C23H24ClF3N8. The highest BCUT2D eigenvalue weighted by Crippen LogP contribution is 2.48. The lowest BCUT2D eigenvalue weighted by Crippen LogP contribution is -2.47. The molecule has 1 spiro atoms. The predicted octanol–water partition coefficient (Wildman–Crippen LogP) is 4.97. The van der Waals surface area contributed by atoms with Gasteiger partial charge in [-0.3, -0.25) is 0 Å². The zero-order valence-electron chi connectivity index (χ0n) is 19.0. The number of pyridine rings is 1. The maximum atomic E-state index is 12.9. The van der Waals surface area contributed by atoms with Gasteiger partial charge in [-0.2, -0.15) is 13.2 Å². The van der Waals surface area contributed by atoms with Gasteiger partial charge in [0.25, 0.3) is 0 Å². The Morgan fingerprint density at radius 1 is 1.29 bits per heavy atom. The van der Waals surface area contributed by atoms with Gasteiger partial charge in [0.1, 0.15) is 17.5 Å². The Morgan fingerprint density at radius 3 is 2.74 bits per heavy atom. The molecule has 1 aliphatic heterocycles. The van der Waals surface area contributed by atoms with Crippen LogP contribution in [0.15, 0.2) is 36.4 Å². The van der Waals surface area contributed by atoms with Gasteiger partial charge < -0.3 is 25.2 Å². The third-order valence-electron chi connectivity index (χ3n) is 6.66. The number of aryl methyl sites for hydroxylation is 1. The number of halogens is 4. The lowest BCUT2D eigenvalue weighted by molar-refractivity contribution is -0.134. The van der Waals surface area contributed by atoms with Gasteiger partial charge in [0.05, 0.1) is 22.7 Å². The first-order valence-corrected chi connectivity index (χ1v) is 11.6. The van der Waals surface area contributed by atoms with Gasteiger partial charge in [0.2, 0.25) is 0 Å². The Balaban J connectivity index is 1.52. The molecular weight excluding hydrogens is 481 g/mol. The van der Waals surface area contributed by atoms with E-state index in [-0.39, 0.29) is 12.0 Å². The van der Waals surface area contributed by atoms with E-state index in [0.29, 0.717) is 34.9 Å². The quantitative estimate of drug-likeness (QED) is 0.395. The Morgan fingerprint density at radius 2 is 2.09 bits per heavy atom. The third kappa shape index (κ3) is 4.29. The number of allylic oxidation sites excluding steroid dienone is 1. The van der Waals surface area contributed by atoms with E-state index < -0.39 is 12.6 Å². The standard InChI is InChI=1S/C23H24ClF3N8/c1-29-18(4-8-28)31-19-10-15(16(24)11-30-19)14-9-17-21-33-32-20(3-7-23(25,26)27)35(21)22(5-2-6-22)13-34(17)12-14/h4,8-12,28-29H,2-3,5-7,13H2,1H3,(H,30,31)/b18-4+,28-8?. The summed E-state index contributed by atoms with van der Waals surface area (Å²) in [6.07, 6.45) is 3.69. The normalized spacial score (nSPS) is 16.4. The Labute approximate surface area is 204 Å². The van der Waals surface area contributed by atoms with Crippen molar-refractivity contribution in [3.05, 3.63) is 47.3 Å². The zero-order valence-corrected chi connectivity index (χ0v) is 19.7. The van der Waals surface area contributed by atoms with Crippen LogP contribution in [-0.4, -0.2) is 43.8 Å². The first-order valence-electron chi connectivity index (χ1n) is 11.3. The summed E-state index contributed by atoms with van der Waals surface area (Å²) in [5, 5.41) is 22.3. The first kappa shape index (κ1) is 23.4. The van der Waals surface area contributed by atoms with E-state index in [2.05, 4.69) is 30.4 Å². The van der Waals surface area contributed by atoms with Gasteiger partial charge in [-0.15, -0.1) is 10.2 Å². The second kappa shape index (κ2) is 8.71. The number of alkyl halides is 3. The van der Waals surface area contributed by atoms with Gasteiger partial charge in [-0.25, -0.2) is 4.98 Å². The molecule has 184 valence electrons. The number of fused-ring (bicyclic) bond motifs is 4. The molecule has 0 atom stereocenters. The lowest BCUT2D eigenvalue weighted by atomic mass is 9.75. The summed E-state index contributed by atoms with van der Waals surface area (Å²) in [5.41, 5.74) is 2.10. The summed E-state index contributed by atoms with van der Waals surface area (Å²) >= 11 is 6.50. The molecule has 1 aliphatic carbocycles. The van der Waals surface area contributed by atoms with Crippen LogP contribution in [0, 0.1) is 5.41 Å². The Bertz CT molecular complexity index is 1300. The Kier molecular flexibility index (Phi) is 5.82. The summed E-state index contributed by atoms with van der Waals surface area (Å²) < 4.78 is 42.8. The SMILES string of the molecule is CN/C(=C\C=N)Nc1cc(-c2cc3n(c2)CC2(CCC2)n2c(CCC(F)(F)F)nnc2-3)c(Cl)cn1. The van der Waals surface area contributed by atoms with E-state index in [1.165, 1.54) is 0 Å². The van der Waals surface area contributed by atoms with Crippen LogP contribution in [0.4, 0.5) is 19.0 Å². The second-order valence-electron chi connectivity index (χ2n) is 8.88. The van der Waals surface area contributed by atoms with Gasteiger partial charge in [-0.1, -0.05) is 11.6 Å². The largest absolute Gasteiger partial charge is 0.389 e. The molecule has 1 saturated carbocycles. The van der Waals surface area contributed by atoms with Crippen LogP contribution >= 0.6 is 11.6 Å². The predicted molar refractivity (Wildman–Crippen MR) is 127 cm³/mol. The number of hydrogen-bond donors (Lipinski definition) is 3. The molecule has 0 bridgehead atoms. The summed E-state index contributed by atoms with van der Waals surface area (Å²) in [6.45, 7) is 0.645. The molecule has 2 aliphatic rings. The topological polar surface area (TPSA) is 96.4 Å². The molecule has 0 aromatic carbocycles. The summed E-state index contributed by atoms with van der Waals surface area (Å²) in [5.74, 6) is 2.12. The Hall–Kier alpha value is -3.34. The fraction of sp³-hybridized carbons (Fsp3) is 0.391. The molecule has 0 amide bonds. The highest BCUT2D eigenvalue weighted by molar-refractivity contribution is 6.33. The molecule has 5 rings (SSSR count). The smallest absolute Gasteiger partial charge is 0.375 e. The van der Waals surface area contributed by atoms with Crippen LogP contribution in [0.1, 0.15) is 31.5 Å². The molecule has 0 radical (unpaired) electrons. The van der Waals surface area contributed by atoms with Crippen molar-refractivity contribution >= 4 is 23.6 Å². The summed E-state index contributed by atoms with van der Waals surface area (Å²) in [4.78, 5) is 4.32. The summed E-state index contributed by atoms with van der Waals surface area (Å²) in [7, 11) is 1.73. The average Bonchev–Trinajstić information content (AvgIpc) is 3.40. The van der Waals surface area contributed by atoms with Crippen LogP contribution < -0.4 is 10.6 Å². The molecule has 8 nitrogen and oxygen atoms in total. The minimum absolute atomic E-state index is 0.186. The molecule has 4 heterocycles. The fourth-order valence-electron chi connectivity index (χ4n) is 4.86. The maximum Gasteiger partial charge on any atom is 0.389 e. The minimum atomic E-state index is -4.24. The third-order valence-corrected chi connectivity index (χ3v) is 6.96. The highest BCUT2D eigenvalue weighted by Gasteiger charge is 2.46. The summed E-state index contributed by atoms with van der Waals surface area (Å²) in [6, 6.07) is 3.76. The van der Waals surface area contributed by atoms with Crippen molar-refractivity contribution in [1.29, 1.82) is 5.41 Å². The molecule has 3 aromatic heterocycles. The van der Waals surface area contributed by atoms with Gasteiger partial charge in [-0.05, 0) is 37.5 Å². The number of anilines is 1. The molecule has 12 heteroatoms. The van der Waals surface area contributed by atoms with E-state index >= 15 is 0 Å². The van der Waals surface area contributed by atoms with Gasteiger partial charge >= 0.3 is 6.18 Å². The highest BCUT2D eigenvalue weighted by atomic mass is 35.5. The van der Waals surface area contributed by atoms with Crippen molar-refractivity contribution < 1.29 is 13.2 Å². The number of hydrogen-bond acceptors (Lipinski definition) is 6. The van der Waals surface area contributed by atoms with Crippen LogP contribution in [0.3, 0.4) is 0 Å². The second-order valence-corrected chi connectivity index (χ2v) is 9.29. The number of nitrogens with zero attached hydrogens (tertiary/aromatic N) is 5. The zero-order chi connectivity index (χ0) is 24.8. The number of nitrogens with one attached hydrogen (secondary N) is 3. The van der Waals surface area contributed by atoms with E-state index in [4.69, 9.17) is 17.0 Å². The first-order chi connectivity index (χ1) is 16.7. The number of aromatic nitrogens is 5. The lowest BCUT2D eigenvalue weighted by Gasteiger charge is -2.47. The minimum Gasteiger partial charge on any atom is -0.375 e. The van der Waals surface area contributed by atoms with Gasteiger partial charge in [0.15, 0.2) is 5.82 Å². The number of rotatable bonds is 7. The van der Waals surface area contributed by atoms with Crippen molar-refractivity contribution in [2.45, 2.75) is 50.4 Å². The molecule has 0 saturated heterocycles. The fourth-order valence-corrected chi connectivity index (χ4v) is 5.08. The van der Waals surface area contributed by atoms with Crippen LogP contribution in [0.25, 0.3) is 22.6 Å². The van der Waals surface area contributed by atoms with Gasteiger partial charge in [0, 0.05) is 49.7 Å². The molecule has 3 N–H and O–H groups in total. The average molecular weight is 505 g/mol. The van der Waals surface area contributed by atoms with Crippen molar-refractivity contribution in [2.75, 3.05) is 12.4 Å². The van der Waals surface area contributed by atoms with Crippen LogP contribution in [0.2, 0.25) is 5.02 Å². The maximum absolute atomic E-state index is 12.9. The molecule has 0 unspecified atom stereocenters. The van der Waals surface area contributed by atoms with E-state index in [1.54, 1.807) is 19.3 Å². The van der Waals surface area contributed by atoms with E-state index in [0.717, 1.165) is 42.3 Å². The molecule has 3 aromatic rings. The van der Waals surface area contributed by atoms with Crippen LogP contribution in [-0.2, 0) is 18.5 Å². The molecule has 1 fully saturated rings. The van der Waals surface area contributed by atoms with Crippen molar-refractivity contribution in [3.63, 3.8) is 0 Å². The van der Waals surface area contributed by atoms with Crippen molar-refractivity contribution in [1.82, 2.24) is 29.6 Å². The monoisotopic (exact) mass is 504 g/mol. The van der Waals surface area contributed by atoms with E-state index in [1.807, 2.05) is 22.9 Å². The van der Waals surface area contributed by atoms with Crippen molar-refractivity contribution in [2.24, 2.45) is 0 Å². The van der Waals surface area contributed by atoms with Crippen molar-refractivity contribution in [3.8, 4) is 22.6 Å². The molecule has 35 heavy (non-hydrogen) atoms. The van der Waals surface area contributed by atoms with E-state index in [9.17, 15) is 13.2 Å². The van der Waals surface area contributed by atoms with Crippen LogP contribution in [0.5, 0.6) is 0 Å².